The van der Waals surface area contributed by atoms with E-state index in [1.165, 1.54) is 11.9 Å². The van der Waals surface area contributed by atoms with Crippen molar-refractivity contribution in [3.05, 3.63) is 0 Å². The zero-order chi connectivity index (χ0) is 15.7. The molecule has 0 saturated carbocycles. The van der Waals surface area contributed by atoms with E-state index < -0.39 is 28.9 Å². The van der Waals surface area contributed by atoms with Gasteiger partial charge in [0, 0.05) is 7.05 Å². The summed E-state index contributed by atoms with van der Waals surface area (Å²) in [5.41, 5.74) is -1.69. The molecule has 0 aromatic rings. The number of imide groups is 1. The number of urea groups is 1. The Kier molecular flexibility index (Phi) is 4.43. The van der Waals surface area contributed by atoms with E-state index in [9.17, 15) is 19.5 Å². The molecule has 0 aromatic carbocycles. The number of rotatable bonds is 5. The summed E-state index contributed by atoms with van der Waals surface area (Å²) in [7, 11) is 1.54. The van der Waals surface area contributed by atoms with Gasteiger partial charge in [0.15, 0.2) is 0 Å². The van der Waals surface area contributed by atoms with Crippen LogP contribution in [0.5, 0.6) is 0 Å². The Morgan fingerprint density at radius 1 is 1.45 bits per heavy atom. The summed E-state index contributed by atoms with van der Waals surface area (Å²) in [4.78, 5) is 38.4. The Morgan fingerprint density at radius 2 is 2.00 bits per heavy atom. The molecule has 1 aliphatic rings. The molecule has 4 amide bonds. The fourth-order valence-corrected chi connectivity index (χ4v) is 1.82. The maximum atomic E-state index is 12.2. The van der Waals surface area contributed by atoms with Crippen LogP contribution in [-0.2, 0) is 9.59 Å². The second-order valence-corrected chi connectivity index (χ2v) is 5.93. The summed E-state index contributed by atoms with van der Waals surface area (Å²) < 4.78 is 0. The number of hydrogen-bond acceptors (Lipinski definition) is 4. The van der Waals surface area contributed by atoms with Crippen LogP contribution in [0.2, 0.25) is 0 Å². The molecular formula is C13H23N3O4. The Morgan fingerprint density at radius 3 is 2.40 bits per heavy atom. The normalized spacial score (nSPS) is 23.0. The molecule has 0 aliphatic carbocycles. The van der Waals surface area contributed by atoms with Gasteiger partial charge in [-0.3, -0.25) is 14.5 Å². The summed E-state index contributed by atoms with van der Waals surface area (Å²) in [5, 5.41) is 11.8. The molecule has 7 heteroatoms. The molecule has 0 radical (unpaired) electrons. The van der Waals surface area contributed by atoms with Crippen LogP contribution >= 0.6 is 0 Å². The van der Waals surface area contributed by atoms with Crippen LogP contribution in [0, 0.1) is 0 Å². The predicted molar refractivity (Wildman–Crippen MR) is 72.9 cm³/mol. The second-order valence-electron chi connectivity index (χ2n) is 5.93. The van der Waals surface area contributed by atoms with E-state index in [0.29, 0.717) is 6.42 Å². The summed E-state index contributed by atoms with van der Waals surface area (Å²) in [5.74, 6) is -0.790. The second kappa shape index (κ2) is 5.40. The number of carbonyl (C=O) groups is 3. The van der Waals surface area contributed by atoms with E-state index in [1.807, 2.05) is 0 Å². The van der Waals surface area contributed by atoms with Gasteiger partial charge in [-0.05, 0) is 27.2 Å². The Labute approximate surface area is 118 Å². The summed E-state index contributed by atoms with van der Waals surface area (Å²) >= 11 is 0. The van der Waals surface area contributed by atoms with Crippen molar-refractivity contribution in [3.63, 3.8) is 0 Å². The number of hydrogen-bond donors (Lipinski definition) is 2. The largest absolute Gasteiger partial charge is 0.394 e. The number of aliphatic hydroxyl groups is 1. The monoisotopic (exact) mass is 285 g/mol. The minimum Gasteiger partial charge on any atom is -0.394 e. The third kappa shape index (κ3) is 2.77. The predicted octanol–water partition coefficient (Wildman–Crippen LogP) is -0.0638. The molecule has 1 unspecified atom stereocenters. The number of carbonyl (C=O) groups excluding carboxylic acids is 3. The molecule has 1 saturated heterocycles. The average molecular weight is 285 g/mol. The average Bonchev–Trinajstić information content (AvgIpc) is 2.62. The molecule has 2 N–H and O–H groups in total. The van der Waals surface area contributed by atoms with Gasteiger partial charge in [0.05, 0.1) is 12.1 Å². The van der Waals surface area contributed by atoms with E-state index in [4.69, 9.17) is 0 Å². The number of likely N-dealkylation sites (N-methyl/N-ethyl adjacent to an activating group) is 1. The Balaban J connectivity index is 2.82. The number of nitrogens with one attached hydrogen (secondary N) is 1. The maximum absolute atomic E-state index is 12.2. The smallest absolute Gasteiger partial charge is 0.325 e. The highest BCUT2D eigenvalue weighted by atomic mass is 16.3. The van der Waals surface area contributed by atoms with Crippen LogP contribution in [0.3, 0.4) is 0 Å². The Bertz CT molecular complexity index is 435. The molecule has 1 atom stereocenters. The van der Waals surface area contributed by atoms with Crippen LogP contribution in [-0.4, -0.2) is 64.0 Å². The molecule has 0 aromatic heterocycles. The first kappa shape index (κ1) is 16.4. The zero-order valence-electron chi connectivity index (χ0n) is 12.7. The SMILES string of the molecule is CCC1(C)NC(=O)N(CC(=O)N(C)C(C)(C)CO)C1=O. The van der Waals surface area contributed by atoms with Gasteiger partial charge in [0.2, 0.25) is 5.91 Å². The quantitative estimate of drug-likeness (QED) is 0.692. The first-order chi connectivity index (χ1) is 9.09. The topological polar surface area (TPSA) is 90.0 Å². The van der Waals surface area contributed by atoms with Gasteiger partial charge in [-0.2, -0.15) is 0 Å². The summed E-state index contributed by atoms with van der Waals surface area (Å²) in [6.07, 6.45) is 0.459. The molecule has 0 spiro atoms. The number of aliphatic hydroxyl groups excluding tert-OH is 1. The summed E-state index contributed by atoms with van der Waals surface area (Å²) in [6.45, 7) is 6.31. The van der Waals surface area contributed by atoms with Crippen LogP contribution in [0.25, 0.3) is 0 Å². The fourth-order valence-electron chi connectivity index (χ4n) is 1.82. The zero-order valence-corrected chi connectivity index (χ0v) is 12.7. The minimum absolute atomic E-state index is 0.206. The molecule has 0 bridgehead atoms. The van der Waals surface area contributed by atoms with E-state index >= 15 is 0 Å². The number of nitrogens with zero attached hydrogens (tertiary/aromatic N) is 2. The van der Waals surface area contributed by atoms with E-state index in [-0.39, 0.29) is 13.2 Å². The standard InChI is InChI=1S/C13H23N3O4/c1-6-13(4)10(19)16(11(20)14-13)7-9(18)15(5)12(2,3)8-17/h17H,6-8H2,1-5H3,(H,14,20). The summed E-state index contributed by atoms with van der Waals surface area (Å²) in [6, 6.07) is -0.553. The highest BCUT2D eigenvalue weighted by Crippen LogP contribution is 2.21. The van der Waals surface area contributed by atoms with Crippen molar-refractivity contribution in [2.75, 3.05) is 20.2 Å². The lowest BCUT2D eigenvalue weighted by Gasteiger charge is -2.34. The van der Waals surface area contributed by atoms with Gasteiger partial charge in [-0.1, -0.05) is 6.92 Å². The van der Waals surface area contributed by atoms with Crippen LogP contribution in [0.4, 0.5) is 4.79 Å². The minimum atomic E-state index is -0.942. The van der Waals surface area contributed by atoms with Crippen LogP contribution in [0.1, 0.15) is 34.1 Å². The lowest BCUT2D eigenvalue weighted by molar-refractivity contribution is -0.141. The molecule has 20 heavy (non-hydrogen) atoms. The lowest BCUT2D eigenvalue weighted by Crippen LogP contribution is -2.52. The van der Waals surface area contributed by atoms with E-state index in [2.05, 4.69) is 5.32 Å². The van der Waals surface area contributed by atoms with E-state index in [1.54, 1.807) is 27.7 Å². The van der Waals surface area contributed by atoms with Crippen molar-refractivity contribution in [1.82, 2.24) is 15.1 Å². The van der Waals surface area contributed by atoms with Crippen molar-refractivity contribution in [1.29, 1.82) is 0 Å². The molecule has 1 heterocycles. The highest BCUT2D eigenvalue weighted by Gasteiger charge is 2.47. The van der Waals surface area contributed by atoms with Crippen LogP contribution in [0.15, 0.2) is 0 Å². The van der Waals surface area contributed by atoms with Crippen molar-refractivity contribution in [3.8, 4) is 0 Å². The molecular weight excluding hydrogens is 262 g/mol. The molecule has 114 valence electrons. The third-order valence-electron chi connectivity index (χ3n) is 4.01. The lowest BCUT2D eigenvalue weighted by atomic mass is 9.99. The van der Waals surface area contributed by atoms with Crippen molar-refractivity contribution in [2.45, 2.75) is 45.2 Å². The van der Waals surface area contributed by atoms with Gasteiger partial charge in [-0.15, -0.1) is 0 Å². The van der Waals surface area contributed by atoms with Gasteiger partial charge >= 0.3 is 6.03 Å². The van der Waals surface area contributed by atoms with E-state index in [0.717, 1.165) is 4.90 Å². The van der Waals surface area contributed by atoms with Crippen molar-refractivity contribution in [2.24, 2.45) is 0 Å². The third-order valence-corrected chi connectivity index (χ3v) is 4.01. The fraction of sp³-hybridized carbons (Fsp3) is 0.769. The molecule has 1 fully saturated rings. The van der Waals surface area contributed by atoms with Gasteiger partial charge in [0.1, 0.15) is 12.1 Å². The van der Waals surface area contributed by atoms with Gasteiger partial charge < -0.3 is 15.3 Å². The van der Waals surface area contributed by atoms with Crippen LogP contribution < -0.4 is 5.32 Å². The highest BCUT2D eigenvalue weighted by molar-refractivity contribution is 6.08. The van der Waals surface area contributed by atoms with Gasteiger partial charge in [-0.25, -0.2) is 4.79 Å². The molecule has 1 rings (SSSR count). The first-order valence-corrected chi connectivity index (χ1v) is 6.60. The number of amides is 4. The van der Waals surface area contributed by atoms with Crippen molar-refractivity contribution >= 4 is 17.8 Å². The maximum Gasteiger partial charge on any atom is 0.325 e. The van der Waals surface area contributed by atoms with Gasteiger partial charge in [0.25, 0.3) is 5.91 Å². The Hall–Kier alpha value is -1.63. The van der Waals surface area contributed by atoms with Crippen molar-refractivity contribution < 1.29 is 19.5 Å². The molecule has 1 aliphatic heterocycles. The molecule has 7 nitrogen and oxygen atoms in total. The first-order valence-electron chi connectivity index (χ1n) is 6.60.